The minimum atomic E-state index is -0.104. The number of hydrogen-bond donors (Lipinski definition) is 1. The van der Waals surface area contributed by atoms with Gasteiger partial charge in [0.15, 0.2) is 0 Å². The number of likely N-dealkylation sites (N-methyl/N-ethyl adjacent to an activating group) is 1. The maximum absolute atomic E-state index is 12.4. The summed E-state index contributed by atoms with van der Waals surface area (Å²) in [6, 6.07) is 15.2. The number of benzene rings is 2. The first kappa shape index (κ1) is 14.1. The summed E-state index contributed by atoms with van der Waals surface area (Å²) in [5.41, 5.74) is 4.22. The summed E-state index contributed by atoms with van der Waals surface area (Å²) in [6.45, 7) is 1.47. The van der Waals surface area contributed by atoms with E-state index in [1.807, 2.05) is 54.6 Å². The lowest BCUT2D eigenvalue weighted by atomic mass is 10.0. The van der Waals surface area contributed by atoms with Crippen LogP contribution in [-0.4, -0.2) is 18.9 Å². The van der Waals surface area contributed by atoms with E-state index in [9.17, 15) is 9.59 Å². The first-order valence-electron chi connectivity index (χ1n) is 7.03. The first-order valence-corrected chi connectivity index (χ1v) is 7.03. The molecule has 2 aromatic rings. The lowest BCUT2D eigenvalue weighted by molar-refractivity contribution is -0.114. The maximum atomic E-state index is 12.4. The smallest absolute Gasteiger partial charge is 0.258 e. The van der Waals surface area contributed by atoms with Crippen LogP contribution in [0.5, 0.6) is 0 Å². The summed E-state index contributed by atoms with van der Waals surface area (Å²) in [6.07, 6.45) is 1.88. The third-order valence-electron chi connectivity index (χ3n) is 3.63. The number of nitrogens with one attached hydrogen (secondary N) is 1. The van der Waals surface area contributed by atoms with E-state index in [2.05, 4.69) is 5.32 Å². The number of anilines is 2. The molecule has 3 rings (SSSR count). The Kier molecular flexibility index (Phi) is 3.51. The standard InChI is InChI=1S/C18H16N2O2/c1-12(21)19-14-9-7-13(8-10-14)11-16-15-5-3-4-6-17(15)20(2)18(16)22/h3-11H,1-2H3,(H,19,21). The summed E-state index contributed by atoms with van der Waals surface area (Å²) in [4.78, 5) is 25.1. The number of rotatable bonds is 2. The predicted octanol–water partition coefficient (Wildman–Crippen LogP) is 3.16. The van der Waals surface area contributed by atoms with Crippen LogP contribution in [0.2, 0.25) is 0 Å². The Morgan fingerprint density at radius 1 is 1.09 bits per heavy atom. The second-order valence-electron chi connectivity index (χ2n) is 5.24. The summed E-state index contributed by atoms with van der Waals surface area (Å²) < 4.78 is 0. The van der Waals surface area contributed by atoms with Crippen molar-refractivity contribution >= 4 is 34.8 Å². The van der Waals surface area contributed by atoms with Crippen LogP contribution in [0.4, 0.5) is 11.4 Å². The zero-order chi connectivity index (χ0) is 15.7. The van der Waals surface area contributed by atoms with Crippen LogP contribution >= 0.6 is 0 Å². The molecule has 0 aromatic heterocycles. The van der Waals surface area contributed by atoms with Crippen molar-refractivity contribution in [3.05, 3.63) is 59.7 Å². The third kappa shape index (κ3) is 2.51. The lowest BCUT2D eigenvalue weighted by Crippen LogP contribution is -2.20. The number of carbonyl (C=O) groups excluding carboxylic acids is 2. The molecule has 110 valence electrons. The molecule has 2 aromatic carbocycles. The van der Waals surface area contributed by atoms with Crippen molar-refractivity contribution < 1.29 is 9.59 Å². The Labute approximate surface area is 129 Å². The SMILES string of the molecule is CC(=O)Nc1ccc(C=C2C(=O)N(C)c3ccccc32)cc1. The molecule has 0 bridgehead atoms. The van der Waals surface area contributed by atoms with Gasteiger partial charge in [-0.15, -0.1) is 0 Å². The van der Waals surface area contributed by atoms with Crippen LogP contribution in [0, 0.1) is 0 Å². The number of para-hydroxylation sites is 1. The fourth-order valence-electron chi connectivity index (χ4n) is 2.57. The molecule has 0 aliphatic carbocycles. The highest BCUT2D eigenvalue weighted by atomic mass is 16.2. The second-order valence-corrected chi connectivity index (χ2v) is 5.24. The number of hydrogen-bond acceptors (Lipinski definition) is 2. The molecule has 0 saturated carbocycles. The van der Waals surface area contributed by atoms with Crippen LogP contribution in [0.25, 0.3) is 11.6 Å². The average Bonchev–Trinajstić information content (AvgIpc) is 2.74. The van der Waals surface area contributed by atoms with Gasteiger partial charge in [-0.05, 0) is 29.8 Å². The summed E-state index contributed by atoms with van der Waals surface area (Å²) in [5, 5.41) is 2.72. The van der Waals surface area contributed by atoms with E-state index in [0.717, 1.165) is 22.5 Å². The number of carbonyl (C=O) groups is 2. The molecule has 1 N–H and O–H groups in total. The van der Waals surface area contributed by atoms with Crippen LogP contribution in [-0.2, 0) is 9.59 Å². The van der Waals surface area contributed by atoms with Crippen LogP contribution in [0.3, 0.4) is 0 Å². The van der Waals surface area contributed by atoms with E-state index in [4.69, 9.17) is 0 Å². The molecule has 0 saturated heterocycles. The molecule has 1 aliphatic heterocycles. The minimum absolute atomic E-state index is 0.00728. The lowest BCUT2D eigenvalue weighted by Gasteiger charge is -2.08. The molecule has 0 fully saturated rings. The van der Waals surface area contributed by atoms with Crippen molar-refractivity contribution in [3.63, 3.8) is 0 Å². The Balaban J connectivity index is 1.95. The van der Waals surface area contributed by atoms with Gasteiger partial charge in [0, 0.05) is 30.8 Å². The molecule has 0 radical (unpaired) electrons. The van der Waals surface area contributed by atoms with Gasteiger partial charge < -0.3 is 10.2 Å². The van der Waals surface area contributed by atoms with Crippen LogP contribution < -0.4 is 10.2 Å². The summed E-state index contributed by atoms with van der Waals surface area (Å²) in [7, 11) is 1.78. The Hall–Kier alpha value is -2.88. The maximum Gasteiger partial charge on any atom is 0.258 e. The molecule has 4 heteroatoms. The van der Waals surface area contributed by atoms with Gasteiger partial charge in [0.25, 0.3) is 5.91 Å². The predicted molar refractivity (Wildman–Crippen MR) is 88.5 cm³/mol. The first-order chi connectivity index (χ1) is 10.6. The van der Waals surface area contributed by atoms with Crippen molar-refractivity contribution in [1.82, 2.24) is 0 Å². The van der Waals surface area contributed by atoms with E-state index < -0.39 is 0 Å². The molecule has 22 heavy (non-hydrogen) atoms. The van der Waals surface area contributed by atoms with Gasteiger partial charge >= 0.3 is 0 Å². The Morgan fingerprint density at radius 3 is 2.45 bits per heavy atom. The van der Waals surface area contributed by atoms with Crippen LogP contribution in [0.15, 0.2) is 48.5 Å². The topological polar surface area (TPSA) is 49.4 Å². The average molecular weight is 292 g/mol. The van der Waals surface area contributed by atoms with Gasteiger partial charge in [0.05, 0.1) is 5.69 Å². The molecular weight excluding hydrogens is 276 g/mol. The largest absolute Gasteiger partial charge is 0.326 e. The fourth-order valence-corrected chi connectivity index (χ4v) is 2.57. The van der Waals surface area contributed by atoms with E-state index in [0.29, 0.717) is 5.57 Å². The highest BCUT2D eigenvalue weighted by molar-refractivity contribution is 6.35. The van der Waals surface area contributed by atoms with Crippen molar-refractivity contribution in [2.45, 2.75) is 6.92 Å². The van der Waals surface area contributed by atoms with E-state index in [-0.39, 0.29) is 11.8 Å². The normalized spacial score (nSPS) is 15.1. The van der Waals surface area contributed by atoms with Gasteiger partial charge in [-0.1, -0.05) is 30.3 Å². The monoisotopic (exact) mass is 292 g/mol. The van der Waals surface area contributed by atoms with E-state index >= 15 is 0 Å². The van der Waals surface area contributed by atoms with Gasteiger partial charge in [-0.3, -0.25) is 9.59 Å². The quantitative estimate of drug-likeness (QED) is 0.864. The number of nitrogens with zero attached hydrogens (tertiary/aromatic N) is 1. The summed E-state index contributed by atoms with van der Waals surface area (Å²) in [5.74, 6) is -0.111. The van der Waals surface area contributed by atoms with Gasteiger partial charge in [-0.25, -0.2) is 0 Å². The molecule has 0 spiro atoms. The minimum Gasteiger partial charge on any atom is -0.326 e. The highest BCUT2D eigenvalue weighted by Gasteiger charge is 2.28. The molecule has 1 heterocycles. The summed E-state index contributed by atoms with van der Waals surface area (Å²) >= 11 is 0. The van der Waals surface area contributed by atoms with Crippen molar-refractivity contribution in [2.75, 3.05) is 17.3 Å². The van der Waals surface area contributed by atoms with Gasteiger partial charge in [0.2, 0.25) is 5.91 Å². The van der Waals surface area contributed by atoms with Crippen LogP contribution in [0.1, 0.15) is 18.1 Å². The molecule has 0 unspecified atom stereocenters. The van der Waals surface area contributed by atoms with Crippen molar-refractivity contribution in [3.8, 4) is 0 Å². The molecule has 0 atom stereocenters. The highest BCUT2D eigenvalue weighted by Crippen LogP contribution is 2.36. The Morgan fingerprint density at radius 2 is 1.77 bits per heavy atom. The fraction of sp³-hybridized carbons (Fsp3) is 0.111. The zero-order valence-corrected chi connectivity index (χ0v) is 12.5. The Bertz CT molecular complexity index is 776. The molecule has 4 nitrogen and oxygen atoms in total. The molecule has 2 amide bonds. The number of amides is 2. The second kappa shape index (κ2) is 5.48. The molecule has 1 aliphatic rings. The molecular formula is C18H16N2O2. The van der Waals surface area contributed by atoms with Crippen molar-refractivity contribution in [1.29, 1.82) is 0 Å². The van der Waals surface area contributed by atoms with Gasteiger partial charge in [-0.2, -0.15) is 0 Å². The van der Waals surface area contributed by atoms with E-state index in [1.54, 1.807) is 11.9 Å². The third-order valence-corrected chi connectivity index (χ3v) is 3.63. The number of fused-ring (bicyclic) bond motifs is 1. The zero-order valence-electron chi connectivity index (χ0n) is 12.5. The van der Waals surface area contributed by atoms with E-state index in [1.165, 1.54) is 6.92 Å². The van der Waals surface area contributed by atoms with Gasteiger partial charge in [0.1, 0.15) is 0 Å². The van der Waals surface area contributed by atoms with Crippen molar-refractivity contribution in [2.24, 2.45) is 0 Å².